The van der Waals surface area contributed by atoms with Gasteiger partial charge in [-0.25, -0.2) is 14.6 Å². The minimum Gasteiger partial charge on any atom is -0.497 e. The number of fused-ring (bicyclic) bond motifs is 1. The van der Waals surface area contributed by atoms with Crippen LogP contribution in [-0.4, -0.2) is 49.5 Å². The minimum absolute atomic E-state index is 0.252. The molecular formula is C31H34N2O8S. The van der Waals surface area contributed by atoms with Gasteiger partial charge in [0.1, 0.15) is 5.75 Å². The molecule has 0 radical (unpaired) electrons. The van der Waals surface area contributed by atoms with Crippen molar-refractivity contribution in [3.05, 3.63) is 84.5 Å². The molecule has 222 valence electrons. The Morgan fingerprint density at radius 3 is 2.43 bits per heavy atom. The van der Waals surface area contributed by atoms with Crippen LogP contribution in [-0.2, 0) is 19.1 Å². The van der Waals surface area contributed by atoms with Crippen molar-refractivity contribution in [3.63, 3.8) is 0 Å². The summed E-state index contributed by atoms with van der Waals surface area (Å²) < 4.78 is 29.1. The Morgan fingerprint density at radius 2 is 1.79 bits per heavy atom. The standard InChI is InChI=1S/C31H34N2O8S/c1-7-38-24-15-20(9-14-23(24)40-17-26(34)39-8-2)16-25-29(35)33-28(21-10-12-22(37-6)13-11-21)27(30(36)41-18(3)4)19(5)32-31(33)42-25/h9-16,18,28H,7-8,17H2,1-6H3/b25-16-/t28-/m0/s1. The van der Waals surface area contributed by atoms with Crippen LogP contribution in [0.5, 0.6) is 17.2 Å². The number of aromatic nitrogens is 1. The van der Waals surface area contributed by atoms with Crippen LogP contribution >= 0.6 is 11.3 Å². The molecule has 1 aliphatic heterocycles. The Balaban J connectivity index is 1.80. The van der Waals surface area contributed by atoms with E-state index in [1.807, 2.05) is 19.1 Å². The van der Waals surface area contributed by atoms with E-state index in [2.05, 4.69) is 4.99 Å². The number of hydrogen-bond acceptors (Lipinski definition) is 10. The second kappa shape index (κ2) is 13.5. The van der Waals surface area contributed by atoms with E-state index in [0.717, 1.165) is 5.56 Å². The van der Waals surface area contributed by atoms with Crippen molar-refractivity contribution in [1.82, 2.24) is 4.57 Å². The zero-order valence-corrected chi connectivity index (χ0v) is 25.3. The lowest BCUT2D eigenvalue weighted by molar-refractivity contribution is -0.145. The van der Waals surface area contributed by atoms with Crippen molar-refractivity contribution in [1.29, 1.82) is 0 Å². The summed E-state index contributed by atoms with van der Waals surface area (Å²) in [5, 5.41) is 0. The number of benzene rings is 2. The van der Waals surface area contributed by atoms with Crippen molar-refractivity contribution in [2.45, 2.75) is 46.8 Å². The predicted molar refractivity (Wildman–Crippen MR) is 158 cm³/mol. The van der Waals surface area contributed by atoms with Gasteiger partial charge in [0.2, 0.25) is 0 Å². The monoisotopic (exact) mass is 594 g/mol. The number of rotatable bonds is 11. The van der Waals surface area contributed by atoms with Crippen LogP contribution in [0, 0.1) is 0 Å². The zero-order chi connectivity index (χ0) is 30.4. The molecule has 4 rings (SSSR count). The van der Waals surface area contributed by atoms with Gasteiger partial charge in [0.15, 0.2) is 22.9 Å². The molecule has 2 heterocycles. The van der Waals surface area contributed by atoms with Crippen molar-refractivity contribution in [2.75, 3.05) is 26.9 Å². The Morgan fingerprint density at radius 1 is 1.05 bits per heavy atom. The first kappa shape index (κ1) is 30.6. The molecule has 1 aromatic heterocycles. The summed E-state index contributed by atoms with van der Waals surface area (Å²) in [5.74, 6) is 0.448. The summed E-state index contributed by atoms with van der Waals surface area (Å²) >= 11 is 1.22. The summed E-state index contributed by atoms with van der Waals surface area (Å²) in [4.78, 5) is 44.0. The van der Waals surface area contributed by atoms with E-state index >= 15 is 0 Å². The fourth-order valence-corrected chi connectivity index (χ4v) is 5.50. The summed E-state index contributed by atoms with van der Waals surface area (Å²) in [6, 6.07) is 11.7. The van der Waals surface area contributed by atoms with Gasteiger partial charge in [0, 0.05) is 0 Å². The summed E-state index contributed by atoms with van der Waals surface area (Å²) in [7, 11) is 1.57. The summed E-state index contributed by atoms with van der Waals surface area (Å²) in [6.07, 6.45) is 1.39. The summed E-state index contributed by atoms with van der Waals surface area (Å²) in [5.41, 5.74) is 1.88. The number of esters is 2. The fraction of sp³-hybridized carbons (Fsp3) is 0.355. The second-order valence-corrected chi connectivity index (χ2v) is 10.6. The zero-order valence-electron chi connectivity index (χ0n) is 24.5. The van der Waals surface area contributed by atoms with Crippen LogP contribution in [0.25, 0.3) is 6.08 Å². The van der Waals surface area contributed by atoms with Gasteiger partial charge in [-0.2, -0.15) is 0 Å². The van der Waals surface area contributed by atoms with E-state index in [1.165, 1.54) is 15.9 Å². The second-order valence-electron chi connectivity index (χ2n) is 9.54. The molecule has 11 heteroatoms. The van der Waals surface area contributed by atoms with Crippen LogP contribution in [0.3, 0.4) is 0 Å². The van der Waals surface area contributed by atoms with Gasteiger partial charge in [0.05, 0.1) is 48.3 Å². The first-order chi connectivity index (χ1) is 20.2. The molecule has 1 atom stereocenters. The lowest BCUT2D eigenvalue weighted by atomic mass is 9.96. The Hall–Kier alpha value is -4.38. The lowest BCUT2D eigenvalue weighted by Crippen LogP contribution is -2.40. The number of carbonyl (C=O) groups is 2. The molecule has 0 spiro atoms. The molecule has 42 heavy (non-hydrogen) atoms. The average molecular weight is 595 g/mol. The van der Waals surface area contributed by atoms with Crippen LogP contribution in [0.15, 0.2) is 63.5 Å². The quantitative estimate of drug-likeness (QED) is 0.310. The molecule has 1 aliphatic rings. The van der Waals surface area contributed by atoms with Crippen molar-refractivity contribution in [3.8, 4) is 17.2 Å². The first-order valence-corrected chi connectivity index (χ1v) is 14.4. The third-order valence-corrected chi connectivity index (χ3v) is 7.22. The van der Waals surface area contributed by atoms with E-state index in [-0.39, 0.29) is 24.9 Å². The fourth-order valence-electron chi connectivity index (χ4n) is 4.45. The van der Waals surface area contributed by atoms with Crippen molar-refractivity contribution in [2.24, 2.45) is 4.99 Å². The Bertz CT molecular complexity index is 1670. The largest absolute Gasteiger partial charge is 0.497 e. The van der Waals surface area contributed by atoms with E-state index in [9.17, 15) is 14.4 Å². The number of hydrogen-bond donors (Lipinski definition) is 0. The van der Waals surface area contributed by atoms with Gasteiger partial charge in [0.25, 0.3) is 5.56 Å². The third-order valence-electron chi connectivity index (χ3n) is 6.23. The molecule has 2 aromatic carbocycles. The minimum atomic E-state index is -0.738. The average Bonchev–Trinajstić information content (AvgIpc) is 3.25. The van der Waals surface area contributed by atoms with Gasteiger partial charge in [-0.1, -0.05) is 29.5 Å². The third kappa shape index (κ3) is 6.73. The van der Waals surface area contributed by atoms with E-state index in [1.54, 1.807) is 71.2 Å². The molecule has 0 bridgehead atoms. The smallest absolute Gasteiger partial charge is 0.344 e. The molecule has 0 saturated heterocycles. The highest BCUT2D eigenvalue weighted by atomic mass is 32.1. The maximum Gasteiger partial charge on any atom is 0.344 e. The van der Waals surface area contributed by atoms with Gasteiger partial charge < -0.3 is 23.7 Å². The number of carbonyl (C=O) groups excluding carboxylic acids is 2. The van der Waals surface area contributed by atoms with Crippen molar-refractivity contribution >= 4 is 29.4 Å². The number of nitrogens with zero attached hydrogens (tertiary/aromatic N) is 2. The highest BCUT2D eigenvalue weighted by Crippen LogP contribution is 2.32. The van der Waals surface area contributed by atoms with Gasteiger partial charge >= 0.3 is 11.9 Å². The van der Waals surface area contributed by atoms with Crippen LogP contribution in [0.4, 0.5) is 0 Å². The topological polar surface area (TPSA) is 115 Å². The highest BCUT2D eigenvalue weighted by molar-refractivity contribution is 7.07. The molecule has 10 nitrogen and oxygen atoms in total. The SMILES string of the molecule is CCOC(=O)COc1ccc(/C=c2\sc3n(c2=O)[C@@H](c2ccc(OC)cc2)C(C(=O)OC(C)C)=C(C)N=3)cc1OCC. The molecule has 0 saturated carbocycles. The highest BCUT2D eigenvalue weighted by Gasteiger charge is 2.33. The van der Waals surface area contributed by atoms with Gasteiger partial charge in [-0.15, -0.1) is 0 Å². The maximum atomic E-state index is 13.9. The number of allylic oxidation sites excluding steroid dienone is 1. The normalized spacial score (nSPS) is 14.7. The Labute approximate surface area is 247 Å². The van der Waals surface area contributed by atoms with Gasteiger partial charge in [-0.05, 0) is 76.1 Å². The predicted octanol–water partition coefficient (Wildman–Crippen LogP) is 3.54. The maximum absolute atomic E-state index is 13.9. The number of thiazole rings is 1. The molecule has 0 amide bonds. The summed E-state index contributed by atoms with van der Waals surface area (Å²) in [6.45, 7) is 9.23. The molecule has 0 N–H and O–H groups in total. The Kier molecular flexibility index (Phi) is 9.84. The lowest BCUT2D eigenvalue weighted by Gasteiger charge is -2.25. The van der Waals surface area contributed by atoms with E-state index in [4.69, 9.17) is 23.7 Å². The van der Waals surface area contributed by atoms with E-state index in [0.29, 0.717) is 50.0 Å². The molecular weight excluding hydrogens is 560 g/mol. The molecule has 0 aliphatic carbocycles. The van der Waals surface area contributed by atoms with Crippen molar-refractivity contribution < 1.29 is 33.3 Å². The molecule has 0 fully saturated rings. The number of methoxy groups -OCH3 is 1. The molecule has 3 aromatic rings. The van der Waals surface area contributed by atoms with Crippen LogP contribution in [0.1, 0.15) is 51.8 Å². The van der Waals surface area contributed by atoms with Gasteiger partial charge in [-0.3, -0.25) is 9.36 Å². The number of ether oxygens (including phenoxy) is 5. The van der Waals surface area contributed by atoms with Crippen LogP contribution < -0.4 is 29.1 Å². The molecule has 0 unspecified atom stereocenters. The van der Waals surface area contributed by atoms with Crippen LogP contribution in [0.2, 0.25) is 0 Å². The first-order valence-electron chi connectivity index (χ1n) is 13.6. The van der Waals surface area contributed by atoms with E-state index < -0.39 is 18.0 Å².